The summed E-state index contributed by atoms with van der Waals surface area (Å²) in [7, 11) is 0. The third kappa shape index (κ3) is 4.81. The maximum Gasteiger partial charge on any atom is 0.416 e. The summed E-state index contributed by atoms with van der Waals surface area (Å²) in [6, 6.07) is 7.37. The second kappa shape index (κ2) is 6.91. The van der Waals surface area contributed by atoms with Crippen molar-refractivity contribution in [1.82, 2.24) is 0 Å². The van der Waals surface area contributed by atoms with Gasteiger partial charge in [0.15, 0.2) is 0 Å². The second-order valence-electron chi connectivity index (χ2n) is 6.82. The largest absolute Gasteiger partial charge is 0.416 e. The molecule has 0 bridgehead atoms. The molecule has 26 heavy (non-hydrogen) atoms. The molecule has 0 nitrogen and oxygen atoms in total. The van der Waals surface area contributed by atoms with Crippen molar-refractivity contribution < 1.29 is 26.3 Å². The van der Waals surface area contributed by atoms with Crippen LogP contribution in [0.3, 0.4) is 0 Å². The maximum absolute atomic E-state index is 13.5. The van der Waals surface area contributed by atoms with Crippen LogP contribution >= 0.6 is 15.9 Å². The van der Waals surface area contributed by atoms with Gasteiger partial charge in [0.2, 0.25) is 0 Å². The zero-order valence-corrected chi connectivity index (χ0v) is 15.7. The molecule has 0 unspecified atom stereocenters. The molecule has 0 N–H and O–H groups in total. The van der Waals surface area contributed by atoms with Gasteiger partial charge in [-0.25, -0.2) is 0 Å². The average Bonchev–Trinajstić information content (AvgIpc) is 2.46. The van der Waals surface area contributed by atoms with Crippen molar-refractivity contribution in [3.63, 3.8) is 0 Å². The third-order valence-corrected chi connectivity index (χ3v) is 4.26. The molecule has 0 saturated heterocycles. The Morgan fingerprint density at radius 3 is 1.54 bits per heavy atom. The molecule has 0 amide bonds. The van der Waals surface area contributed by atoms with Crippen molar-refractivity contribution in [2.75, 3.05) is 0 Å². The van der Waals surface area contributed by atoms with Crippen LogP contribution in [0.4, 0.5) is 26.3 Å². The fraction of sp³-hybridized carbons (Fsp3) is 0.316. The Labute approximate surface area is 156 Å². The Hall–Kier alpha value is -1.50. The molecule has 0 spiro atoms. The van der Waals surface area contributed by atoms with E-state index in [2.05, 4.69) is 22.4 Å². The van der Waals surface area contributed by atoms with Crippen molar-refractivity contribution >= 4 is 15.9 Å². The van der Waals surface area contributed by atoms with E-state index < -0.39 is 34.5 Å². The van der Waals surface area contributed by atoms with Crippen LogP contribution in [0.15, 0.2) is 40.9 Å². The Kier molecular flexibility index (Phi) is 5.53. The van der Waals surface area contributed by atoms with E-state index >= 15 is 0 Å². The lowest BCUT2D eigenvalue weighted by atomic mass is 9.82. The van der Waals surface area contributed by atoms with Crippen LogP contribution < -0.4 is 0 Å². The topological polar surface area (TPSA) is 0 Å². The first-order chi connectivity index (χ1) is 11.7. The first-order valence-corrected chi connectivity index (χ1v) is 8.34. The normalized spacial score (nSPS) is 13.2. The summed E-state index contributed by atoms with van der Waals surface area (Å²) in [6.45, 7) is 4.68. The third-order valence-electron chi connectivity index (χ3n) is 3.73. The van der Waals surface area contributed by atoms with Gasteiger partial charge in [0.25, 0.3) is 0 Å². The van der Waals surface area contributed by atoms with E-state index in [1.54, 1.807) is 20.8 Å². The molecule has 0 aromatic heterocycles. The lowest BCUT2D eigenvalue weighted by molar-refractivity contribution is -0.143. The lowest BCUT2D eigenvalue weighted by Crippen LogP contribution is -2.21. The maximum atomic E-state index is 13.5. The van der Waals surface area contributed by atoms with E-state index in [1.807, 2.05) is 0 Å². The molecule has 140 valence electrons. The van der Waals surface area contributed by atoms with Gasteiger partial charge in [0.05, 0.1) is 17.5 Å². The van der Waals surface area contributed by atoms with Crippen molar-refractivity contribution in [3.05, 3.63) is 75.1 Å². The summed E-state index contributed by atoms with van der Waals surface area (Å²) in [4.78, 5) is 0. The molecule has 2 aromatic rings. The first kappa shape index (κ1) is 20.8. The van der Waals surface area contributed by atoms with E-state index in [9.17, 15) is 26.3 Å². The van der Waals surface area contributed by atoms with Gasteiger partial charge in [-0.3, -0.25) is 0 Å². The number of benzene rings is 2. The van der Waals surface area contributed by atoms with Crippen LogP contribution in [0, 0.1) is 6.42 Å². The highest BCUT2D eigenvalue weighted by Crippen LogP contribution is 2.43. The standard InChI is InChI=1S/C19H15BrF6/c1-17(2,3)12-9-15(18(21,22)23)14(16(10-12)19(24,25)26)8-11-4-6-13(20)7-5-11/h4-7,9-10H,1-3H3. The van der Waals surface area contributed by atoms with Gasteiger partial charge in [0, 0.05) is 4.47 Å². The molecule has 2 rings (SSSR count). The highest BCUT2D eigenvalue weighted by molar-refractivity contribution is 9.10. The van der Waals surface area contributed by atoms with Crippen molar-refractivity contribution in [3.8, 4) is 0 Å². The molecule has 0 saturated carbocycles. The Balaban J connectivity index is 2.75. The van der Waals surface area contributed by atoms with Gasteiger partial charge in [-0.1, -0.05) is 48.8 Å². The molecule has 2 radical (unpaired) electrons. The van der Waals surface area contributed by atoms with Gasteiger partial charge in [-0.15, -0.1) is 0 Å². The summed E-state index contributed by atoms with van der Waals surface area (Å²) < 4.78 is 81.9. The highest BCUT2D eigenvalue weighted by atomic mass is 79.9. The minimum Gasteiger partial charge on any atom is -0.166 e. The Morgan fingerprint density at radius 2 is 1.19 bits per heavy atom. The molecule has 2 aromatic carbocycles. The van der Waals surface area contributed by atoms with Gasteiger partial charge >= 0.3 is 12.4 Å². The van der Waals surface area contributed by atoms with Crippen molar-refractivity contribution in [2.45, 2.75) is 38.5 Å². The molecular weight excluding hydrogens is 422 g/mol. The van der Waals surface area contributed by atoms with Gasteiger partial charge in [-0.2, -0.15) is 26.3 Å². The molecule has 0 fully saturated rings. The average molecular weight is 437 g/mol. The van der Waals surface area contributed by atoms with Crippen molar-refractivity contribution in [2.24, 2.45) is 0 Å². The van der Waals surface area contributed by atoms with Crippen molar-refractivity contribution in [1.29, 1.82) is 0 Å². The summed E-state index contributed by atoms with van der Waals surface area (Å²) in [5, 5.41) is 0. The molecule has 7 heteroatoms. The quantitative estimate of drug-likeness (QED) is 0.434. The van der Waals surface area contributed by atoms with Crippen LogP contribution in [-0.4, -0.2) is 0 Å². The van der Waals surface area contributed by atoms with E-state index in [0.717, 1.165) is 12.1 Å². The lowest BCUT2D eigenvalue weighted by Gasteiger charge is -2.25. The molecule has 0 aliphatic rings. The fourth-order valence-corrected chi connectivity index (χ4v) is 2.60. The van der Waals surface area contributed by atoms with Gasteiger partial charge < -0.3 is 0 Å². The molecule has 0 atom stereocenters. The molecule has 0 aliphatic heterocycles. The molecular formula is C19H15BrF6. The van der Waals surface area contributed by atoms with E-state index in [-0.39, 0.29) is 11.1 Å². The number of rotatable bonds is 2. The van der Waals surface area contributed by atoms with E-state index in [4.69, 9.17) is 0 Å². The predicted molar refractivity (Wildman–Crippen MR) is 90.7 cm³/mol. The highest BCUT2D eigenvalue weighted by Gasteiger charge is 2.42. The summed E-state index contributed by atoms with van der Waals surface area (Å²) >= 11 is 3.17. The predicted octanol–water partition coefficient (Wildman–Crippen LogP) is 7.26. The summed E-state index contributed by atoms with van der Waals surface area (Å²) in [5.41, 5.74) is -4.50. The molecule has 0 heterocycles. The van der Waals surface area contributed by atoms with E-state index in [0.29, 0.717) is 4.47 Å². The zero-order chi connectivity index (χ0) is 19.9. The van der Waals surface area contributed by atoms with Gasteiger partial charge in [0.1, 0.15) is 0 Å². The fourth-order valence-electron chi connectivity index (χ4n) is 2.33. The van der Waals surface area contributed by atoms with Crippen LogP contribution in [-0.2, 0) is 17.8 Å². The Bertz CT molecular complexity index is 745. The SMILES string of the molecule is CC(C)(C)c1cc(C(F)(F)F)c([C]c2ccc(Br)cc2)c(C(F)(F)F)c1. The minimum atomic E-state index is -4.95. The number of hydrogen-bond acceptors (Lipinski definition) is 0. The van der Waals surface area contributed by atoms with Gasteiger partial charge in [-0.05, 0) is 46.4 Å². The number of hydrogen-bond donors (Lipinski definition) is 0. The van der Waals surface area contributed by atoms with Crippen LogP contribution in [0.2, 0.25) is 0 Å². The zero-order valence-electron chi connectivity index (χ0n) is 14.1. The monoisotopic (exact) mass is 436 g/mol. The summed E-state index contributed by atoms with van der Waals surface area (Å²) in [6.07, 6.45) is -7.59. The van der Waals surface area contributed by atoms with E-state index in [1.165, 1.54) is 24.3 Å². The minimum absolute atomic E-state index is 0.0430. The first-order valence-electron chi connectivity index (χ1n) is 7.55. The second-order valence-corrected chi connectivity index (χ2v) is 7.74. The van der Waals surface area contributed by atoms with Crippen LogP contribution in [0.25, 0.3) is 0 Å². The number of halogens is 7. The van der Waals surface area contributed by atoms with Crippen LogP contribution in [0.5, 0.6) is 0 Å². The van der Waals surface area contributed by atoms with Crippen LogP contribution in [0.1, 0.15) is 48.6 Å². The molecule has 0 aliphatic carbocycles. The smallest absolute Gasteiger partial charge is 0.166 e. The summed E-state index contributed by atoms with van der Waals surface area (Å²) in [5.74, 6) is 0. The Morgan fingerprint density at radius 1 is 0.769 bits per heavy atom. The number of alkyl halides is 6.